The fraction of sp³-hybridized carbons (Fsp3) is 0.188. The zero-order chi connectivity index (χ0) is 14.1. The van der Waals surface area contributed by atoms with E-state index >= 15 is 0 Å². The van der Waals surface area contributed by atoms with Crippen molar-refractivity contribution < 1.29 is 15.3 Å². The van der Waals surface area contributed by atoms with Crippen molar-refractivity contribution in [2.24, 2.45) is 4.99 Å². The number of fused-ring (bicyclic) bond motifs is 3. The Hall–Kier alpha value is -2.33. The minimum absolute atomic E-state index is 0.00938. The molecular weight excluding hydrogens is 254 g/mol. The van der Waals surface area contributed by atoms with Crippen LogP contribution >= 0.6 is 0 Å². The van der Waals surface area contributed by atoms with E-state index in [1.165, 1.54) is 0 Å². The second-order valence-corrected chi connectivity index (χ2v) is 4.80. The normalized spacial score (nSPS) is 14.9. The van der Waals surface area contributed by atoms with E-state index in [0.717, 1.165) is 28.0 Å². The molecule has 2 aromatic carbocycles. The Balaban J connectivity index is 2.20. The Morgan fingerprint density at radius 3 is 2.35 bits per heavy atom. The van der Waals surface area contributed by atoms with Gasteiger partial charge in [0, 0.05) is 17.7 Å². The third kappa shape index (κ3) is 2.14. The number of phenolic OH excluding ortho intramolecular Hbond substituents is 2. The van der Waals surface area contributed by atoms with Crippen molar-refractivity contribution in [1.29, 1.82) is 0 Å². The van der Waals surface area contributed by atoms with Crippen LogP contribution in [0, 0.1) is 0 Å². The van der Waals surface area contributed by atoms with Crippen molar-refractivity contribution >= 4 is 5.71 Å². The van der Waals surface area contributed by atoms with Gasteiger partial charge >= 0.3 is 0 Å². The average molecular weight is 269 g/mol. The molecule has 0 aliphatic heterocycles. The van der Waals surface area contributed by atoms with E-state index in [1.807, 2.05) is 12.1 Å². The second kappa shape index (κ2) is 4.98. The molecule has 1 aliphatic carbocycles. The van der Waals surface area contributed by atoms with Gasteiger partial charge in [0.25, 0.3) is 0 Å². The van der Waals surface area contributed by atoms with Crippen molar-refractivity contribution in [3.05, 3.63) is 47.5 Å². The maximum absolute atomic E-state index is 9.68. The largest absolute Gasteiger partial charge is 0.508 e. The Kier molecular flexibility index (Phi) is 3.16. The predicted octanol–water partition coefficient (Wildman–Crippen LogP) is 2.10. The van der Waals surface area contributed by atoms with Gasteiger partial charge in [0.2, 0.25) is 0 Å². The number of aromatic hydroxyl groups is 2. The summed E-state index contributed by atoms with van der Waals surface area (Å²) >= 11 is 0. The maximum Gasteiger partial charge on any atom is 0.116 e. The summed E-state index contributed by atoms with van der Waals surface area (Å²) < 4.78 is 0. The lowest BCUT2D eigenvalue weighted by Gasteiger charge is -2.22. The monoisotopic (exact) mass is 269 g/mol. The first-order valence-corrected chi connectivity index (χ1v) is 6.49. The molecule has 4 nitrogen and oxygen atoms in total. The maximum atomic E-state index is 9.68. The number of hydrogen-bond donors (Lipinski definition) is 3. The van der Waals surface area contributed by atoms with Crippen LogP contribution in [0.25, 0.3) is 11.1 Å². The van der Waals surface area contributed by atoms with Crippen LogP contribution in [-0.2, 0) is 6.42 Å². The van der Waals surface area contributed by atoms with Crippen LogP contribution in [-0.4, -0.2) is 34.2 Å². The number of aliphatic hydroxyl groups is 1. The number of aliphatic imine (C=N–C) groups is 1. The molecule has 0 aromatic heterocycles. The Bertz CT molecular complexity index is 692. The van der Waals surface area contributed by atoms with E-state index in [-0.39, 0.29) is 18.1 Å². The van der Waals surface area contributed by atoms with Crippen LogP contribution in [0.3, 0.4) is 0 Å². The lowest BCUT2D eigenvalue weighted by molar-refractivity contribution is 0.307. The number of nitrogens with zero attached hydrogens (tertiary/aromatic N) is 1. The first-order valence-electron chi connectivity index (χ1n) is 6.49. The molecule has 2 aromatic rings. The summed E-state index contributed by atoms with van der Waals surface area (Å²) in [5, 5.41) is 28.2. The highest BCUT2D eigenvalue weighted by Crippen LogP contribution is 2.36. The van der Waals surface area contributed by atoms with Gasteiger partial charge in [-0.3, -0.25) is 4.99 Å². The molecule has 20 heavy (non-hydrogen) atoms. The highest BCUT2D eigenvalue weighted by molar-refractivity contribution is 6.10. The molecule has 0 saturated carbocycles. The van der Waals surface area contributed by atoms with Gasteiger partial charge in [-0.1, -0.05) is 12.1 Å². The van der Waals surface area contributed by atoms with Gasteiger partial charge in [-0.2, -0.15) is 0 Å². The molecule has 0 spiro atoms. The van der Waals surface area contributed by atoms with Gasteiger partial charge < -0.3 is 15.3 Å². The standard InChI is InChI=1S/C16H15NO3/c18-6-5-17-16-8-10-7-11(19)1-3-13(10)14-4-2-12(20)9-15(14)16/h1-4,7,9,18-20H,5-6,8H2. The van der Waals surface area contributed by atoms with Crippen LogP contribution in [0.5, 0.6) is 11.5 Å². The molecule has 0 unspecified atom stereocenters. The zero-order valence-corrected chi connectivity index (χ0v) is 10.9. The van der Waals surface area contributed by atoms with Crippen molar-refractivity contribution in [1.82, 2.24) is 0 Å². The molecule has 0 atom stereocenters. The van der Waals surface area contributed by atoms with Crippen molar-refractivity contribution in [2.45, 2.75) is 6.42 Å². The highest BCUT2D eigenvalue weighted by atomic mass is 16.3. The summed E-state index contributed by atoms with van der Waals surface area (Å²) in [4.78, 5) is 4.39. The van der Waals surface area contributed by atoms with Crippen molar-refractivity contribution in [3.8, 4) is 22.6 Å². The van der Waals surface area contributed by atoms with E-state index in [4.69, 9.17) is 5.11 Å². The van der Waals surface area contributed by atoms with E-state index in [1.54, 1.807) is 24.3 Å². The SMILES string of the molecule is OCCN=C1Cc2cc(O)ccc2-c2ccc(O)cc21. The predicted molar refractivity (Wildman–Crippen MR) is 77.4 cm³/mol. The van der Waals surface area contributed by atoms with Gasteiger partial charge in [0.1, 0.15) is 11.5 Å². The van der Waals surface area contributed by atoms with Gasteiger partial charge in [0.15, 0.2) is 0 Å². The van der Waals surface area contributed by atoms with Crippen LogP contribution in [0.2, 0.25) is 0 Å². The first-order chi connectivity index (χ1) is 9.69. The van der Waals surface area contributed by atoms with Crippen molar-refractivity contribution in [3.63, 3.8) is 0 Å². The van der Waals surface area contributed by atoms with E-state index in [9.17, 15) is 10.2 Å². The first kappa shape index (κ1) is 12.7. The molecule has 0 saturated heterocycles. The molecule has 4 heteroatoms. The number of aliphatic hydroxyl groups excluding tert-OH is 1. The van der Waals surface area contributed by atoms with Gasteiger partial charge in [-0.25, -0.2) is 0 Å². The quantitative estimate of drug-likeness (QED) is 0.781. The average Bonchev–Trinajstić information content (AvgIpc) is 2.44. The number of hydrogen-bond acceptors (Lipinski definition) is 4. The van der Waals surface area contributed by atoms with Gasteiger partial charge in [-0.15, -0.1) is 0 Å². The fourth-order valence-electron chi connectivity index (χ4n) is 2.60. The zero-order valence-electron chi connectivity index (χ0n) is 10.9. The van der Waals surface area contributed by atoms with E-state index in [0.29, 0.717) is 13.0 Å². The minimum atomic E-state index is -0.00938. The number of rotatable bonds is 2. The minimum Gasteiger partial charge on any atom is -0.508 e. The third-order valence-electron chi connectivity index (χ3n) is 3.45. The highest BCUT2D eigenvalue weighted by Gasteiger charge is 2.21. The smallest absolute Gasteiger partial charge is 0.116 e. The van der Waals surface area contributed by atoms with Gasteiger partial charge in [0.05, 0.1) is 13.2 Å². The number of benzene rings is 2. The van der Waals surface area contributed by atoms with E-state index < -0.39 is 0 Å². The summed E-state index contributed by atoms with van der Waals surface area (Å²) in [6.07, 6.45) is 0.584. The molecule has 3 rings (SSSR count). The number of phenols is 2. The molecular formula is C16H15NO3. The third-order valence-corrected chi connectivity index (χ3v) is 3.45. The Labute approximate surface area is 116 Å². The van der Waals surface area contributed by atoms with Crippen LogP contribution in [0.4, 0.5) is 0 Å². The molecule has 0 amide bonds. The summed E-state index contributed by atoms with van der Waals surface area (Å²) in [6, 6.07) is 10.5. The summed E-state index contributed by atoms with van der Waals surface area (Å²) in [5.74, 6) is 0.426. The molecule has 102 valence electrons. The molecule has 0 heterocycles. The topological polar surface area (TPSA) is 73.1 Å². The van der Waals surface area contributed by atoms with Gasteiger partial charge in [-0.05, 0) is 41.0 Å². The molecule has 1 aliphatic rings. The molecule has 3 N–H and O–H groups in total. The summed E-state index contributed by atoms with van der Waals surface area (Å²) in [5.41, 5.74) is 4.74. The van der Waals surface area contributed by atoms with Crippen LogP contribution in [0.1, 0.15) is 11.1 Å². The lowest BCUT2D eigenvalue weighted by atomic mass is 9.84. The molecule has 0 bridgehead atoms. The Morgan fingerprint density at radius 1 is 0.900 bits per heavy atom. The summed E-state index contributed by atoms with van der Waals surface area (Å²) in [6.45, 7) is 0.323. The van der Waals surface area contributed by atoms with Crippen molar-refractivity contribution in [2.75, 3.05) is 13.2 Å². The molecule has 0 fully saturated rings. The summed E-state index contributed by atoms with van der Waals surface area (Å²) in [7, 11) is 0. The van der Waals surface area contributed by atoms with Crippen LogP contribution in [0.15, 0.2) is 41.4 Å². The fourth-order valence-corrected chi connectivity index (χ4v) is 2.60. The molecule has 0 radical (unpaired) electrons. The second-order valence-electron chi connectivity index (χ2n) is 4.80. The van der Waals surface area contributed by atoms with Crippen LogP contribution < -0.4 is 0 Å². The lowest BCUT2D eigenvalue weighted by Crippen LogP contribution is -2.14. The Morgan fingerprint density at radius 2 is 1.60 bits per heavy atom. The van der Waals surface area contributed by atoms with E-state index in [2.05, 4.69) is 4.99 Å².